The van der Waals surface area contributed by atoms with E-state index < -0.39 is 0 Å². The molecular weight excluding hydrogens is 246 g/mol. The first-order valence-corrected chi connectivity index (χ1v) is 6.95. The third kappa shape index (κ3) is 4.82. The van der Waals surface area contributed by atoms with E-state index in [1.54, 1.807) is 0 Å². The molecule has 110 valence electrons. The van der Waals surface area contributed by atoms with Crippen molar-refractivity contribution in [2.24, 2.45) is 5.92 Å². The van der Waals surface area contributed by atoms with Gasteiger partial charge in [0.25, 0.3) is 0 Å². The fourth-order valence-electron chi connectivity index (χ4n) is 2.76. The van der Waals surface area contributed by atoms with Crippen molar-refractivity contribution in [3.63, 3.8) is 0 Å². The van der Waals surface area contributed by atoms with E-state index in [1.807, 2.05) is 4.90 Å². The van der Waals surface area contributed by atoms with Gasteiger partial charge in [0.05, 0.1) is 13.5 Å². The van der Waals surface area contributed by atoms with Crippen LogP contribution >= 0.6 is 0 Å². The summed E-state index contributed by atoms with van der Waals surface area (Å²) in [5, 5.41) is 0. The van der Waals surface area contributed by atoms with Crippen LogP contribution in [0.4, 0.5) is 0 Å². The van der Waals surface area contributed by atoms with E-state index in [2.05, 4.69) is 11.7 Å². The van der Waals surface area contributed by atoms with Crippen molar-refractivity contribution >= 4 is 11.9 Å². The van der Waals surface area contributed by atoms with Crippen LogP contribution in [0.2, 0.25) is 0 Å². The summed E-state index contributed by atoms with van der Waals surface area (Å²) in [4.78, 5) is 25.2. The zero-order valence-corrected chi connectivity index (χ0v) is 12.2. The highest BCUT2D eigenvalue weighted by atomic mass is 16.5. The molecule has 1 fully saturated rings. The number of nitrogens with zero attached hydrogens (tertiary/aromatic N) is 1. The molecule has 2 atom stereocenters. The molecule has 1 aliphatic carbocycles. The lowest BCUT2D eigenvalue weighted by atomic mass is 9.84. The van der Waals surface area contributed by atoms with E-state index in [0.29, 0.717) is 12.5 Å². The van der Waals surface area contributed by atoms with Crippen LogP contribution in [-0.2, 0) is 19.1 Å². The van der Waals surface area contributed by atoms with Crippen LogP contribution in [0.1, 0.15) is 39.0 Å². The van der Waals surface area contributed by atoms with E-state index in [1.165, 1.54) is 20.6 Å². The van der Waals surface area contributed by atoms with Gasteiger partial charge in [0.1, 0.15) is 6.61 Å². The Bertz CT molecular complexity index is 306. The quantitative estimate of drug-likeness (QED) is 0.689. The Labute approximate surface area is 115 Å². The molecule has 1 amide bonds. The SMILES string of the molecule is COCC(=O)N(CCC(=O)OC)C1CCCCC1C. The van der Waals surface area contributed by atoms with Gasteiger partial charge in [-0.05, 0) is 18.8 Å². The molecule has 2 unspecified atom stereocenters. The number of methoxy groups -OCH3 is 2. The third-order valence-corrected chi connectivity index (χ3v) is 3.84. The van der Waals surface area contributed by atoms with Gasteiger partial charge in [-0.25, -0.2) is 0 Å². The highest BCUT2D eigenvalue weighted by Crippen LogP contribution is 2.28. The number of amides is 1. The highest BCUT2D eigenvalue weighted by Gasteiger charge is 2.30. The lowest BCUT2D eigenvalue weighted by Crippen LogP contribution is -2.47. The van der Waals surface area contributed by atoms with Crippen LogP contribution in [0.5, 0.6) is 0 Å². The number of carbonyl (C=O) groups excluding carboxylic acids is 2. The van der Waals surface area contributed by atoms with Gasteiger partial charge in [-0.2, -0.15) is 0 Å². The minimum absolute atomic E-state index is 0.0369. The van der Waals surface area contributed by atoms with Gasteiger partial charge in [-0.15, -0.1) is 0 Å². The van der Waals surface area contributed by atoms with Gasteiger partial charge in [0.15, 0.2) is 0 Å². The lowest BCUT2D eigenvalue weighted by molar-refractivity contribution is -0.144. The van der Waals surface area contributed by atoms with Crippen LogP contribution in [0.15, 0.2) is 0 Å². The summed E-state index contributed by atoms with van der Waals surface area (Å²) in [5.74, 6) is 0.163. The minimum Gasteiger partial charge on any atom is -0.469 e. The number of esters is 1. The summed E-state index contributed by atoms with van der Waals surface area (Å²) < 4.78 is 9.58. The predicted molar refractivity (Wildman–Crippen MR) is 71.6 cm³/mol. The average Bonchev–Trinajstić information content (AvgIpc) is 2.41. The zero-order chi connectivity index (χ0) is 14.3. The molecule has 0 N–H and O–H groups in total. The van der Waals surface area contributed by atoms with Crippen molar-refractivity contribution in [1.29, 1.82) is 0 Å². The highest BCUT2D eigenvalue weighted by molar-refractivity contribution is 5.78. The summed E-state index contributed by atoms with van der Waals surface area (Å²) in [5.41, 5.74) is 0. The second kappa shape index (κ2) is 8.15. The molecule has 0 aromatic rings. The van der Waals surface area contributed by atoms with E-state index >= 15 is 0 Å². The maximum atomic E-state index is 12.1. The summed E-state index contributed by atoms with van der Waals surface area (Å²) in [6, 6.07) is 0.223. The fraction of sp³-hybridized carbons (Fsp3) is 0.857. The Hall–Kier alpha value is -1.10. The van der Waals surface area contributed by atoms with Crippen LogP contribution in [-0.4, -0.2) is 50.2 Å². The number of rotatable bonds is 6. The van der Waals surface area contributed by atoms with Gasteiger partial charge in [-0.3, -0.25) is 9.59 Å². The molecule has 1 aliphatic rings. The smallest absolute Gasteiger partial charge is 0.307 e. The van der Waals surface area contributed by atoms with Crippen LogP contribution in [0.25, 0.3) is 0 Å². The van der Waals surface area contributed by atoms with Gasteiger partial charge >= 0.3 is 5.97 Å². The molecule has 0 aromatic heterocycles. The summed E-state index contributed by atoms with van der Waals surface area (Å²) >= 11 is 0. The molecule has 0 spiro atoms. The maximum Gasteiger partial charge on any atom is 0.307 e. The maximum absolute atomic E-state index is 12.1. The number of hydrogen-bond acceptors (Lipinski definition) is 4. The van der Waals surface area contributed by atoms with Crippen LogP contribution in [0, 0.1) is 5.92 Å². The molecule has 1 rings (SSSR count). The number of hydrogen-bond donors (Lipinski definition) is 0. The molecule has 0 saturated heterocycles. The van der Waals surface area contributed by atoms with Crippen molar-refractivity contribution < 1.29 is 19.1 Å². The van der Waals surface area contributed by atoms with E-state index in [0.717, 1.165) is 19.3 Å². The molecule has 5 nitrogen and oxygen atoms in total. The molecule has 0 radical (unpaired) electrons. The predicted octanol–water partition coefficient (Wildman–Crippen LogP) is 1.60. The molecule has 1 saturated carbocycles. The van der Waals surface area contributed by atoms with Crippen molar-refractivity contribution in [2.45, 2.75) is 45.1 Å². The van der Waals surface area contributed by atoms with E-state index in [4.69, 9.17) is 4.74 Å². The molecule has 5 heteroatoms. The Morgan fingerprint density at radius 2 is 1.89 bits per heavy atom. The third-order valence-electron chi connectivity index (χ3n) is 3.84. The second-order valence-electron chi connectivity index (χ2n) is 5.18. The molecule has 0 aliphatic heterocycles. The fourth-order valence-corrected chi connectivity index (χ4v) is 2.76. The Morgan fingerprint density at radius 3 is 2.47 bits per heavy atom. The standard InChI is InChI=1S/C14H25NO4/c1-11-6-4-5-7-12(11)15(13(16)10-18-2)9-8-14(17)19-3/h11-12H,4-10H2,1-3H3. The number of carbonyl (C=O) groups is 2. The molecule has 0 bridgehead atoms. The average molecular weight is 271 g/mol. The first kappa shape index (κ1) is 16.0. The first-order chi connectivity index (χ1) is 9.10. The monoisotopic (exact) mass is 271 g/mol. The summed E-state index contributed by atoms with van der Waals surface area (Å²) in [7, 11) is 2.88. The summed E-state index contributed by atoms with van der Waals surface area (Å²) in [6.45, 7) is 2.67. The molecular formula is C14H25NO4. The Kier molecular flexibility index (Phi) is 6.84. The van der Waals surface area contributed by atoms with Gasteiger partial charge in [-0.1, -0.05) is 19.8 Å². The first-order valence-electron chi connectivity index (χ1n) is 6.95. The van der Waals surface area contributed by atoms with Gasteiger partial charge in [0, 0.05) is 19.7 Å². The topological polar surface area (TPSA) is 55.8 Å². The summed E-state index contributed by atoms with van der Waals surface area (Å²) in [6.07, 6.45) is 4.76. The van der Waals surface area contributed by atoms with Crippen molar-refractivity contribution in [3.8, 4) is 0 Å². The molecule has 0 heterocycles. The molecule has 0 aromatic carbocycles. The zero-order valence-electron chi connectivity index (χ0n) is 12.2. The number of ether oxygens (including phenoxy) is 2. The lowest BCUT2D eigenvalue weighted by Gasteiger charge is -2.38. The van der Waals surface area contributed by atoms with Crippen LogP contribution < -0.4 is 0 Å². The van der Waals surface area contributed by atoms with Crippen LogP contribution in [0.3, 0.4) is 0 Å². The normalized spacial score (nSPS) is 22.9. The Balaban J connectivity index is 2.67. The van der Waals surface area contributed by atoms with Crippen molar-refractivity contribution in [2.75, 3.05) is 27.4 Å². The molecule has 19 heavy (non-hydrogen) atoms. The van der Waals surface area contributed by atoms with Crippen molar-refractivity contribution in [1.82, 2.24) is 4.90 Å². The Morgan fingerprint density at radius 1 is 1.21 bits per heavy atom. The van der Waals surface area contributed by atoms with Gasteiger partial charge in [0.2, 0.25) is 5.91 Å². The van der Waals surface area contributed by atoms with E-state index in [-0.39, 0.29) is 30.9 Å². The van der Waals surface area contributed by atoms with Gasteiger partial charge < -0.3 is 14.4 Å². The van der Waals surface area contributed by atoms with E-state index in [9.17, 15) is 9.59 Å². The van der Waals surface area contributed by atoms with Crippen molar-refractivity contribution in [3.05, 3.63) is 0 Å². The largest absolute Gasteiger partial charge is 0.469 e. The minimum atomic E-state index is -0.279. The second-order valence-corrected chi connectivity index (χ2v) is 5.18.